The molecule has 1 unspecified atom stereocenters. The summed E-state index contributed by atoms with van der Waals surface area (Å²) in [5.41, 5.74) is 0.251. The number of isocyanates is 1. The molecule has 0 amide bonds. The number of rotatable bonds is 3. The van der Waals surface area contributed by atoms with Crippen LogP contribution in [0.3, 0.4) is 0 Å². The summed E-state index contributed by atoms with van der Waals surface area (Å²) in [5.74, 6) is 0. The second-order valence-electron chi connectivity index (χ2n) is 4.05. The predicted molar refractivity (Wildman–Crippen MR) is 46.3 cm³/mol. The normalized spacial score (nSPS) is 13.8. The Morgan fingerprint density at radius 3 is 2.27 bits per heavy atom. The van der Waals surface area contributed by atoms with E-state index in [9.17, 15) is 4.79 Å². The van der Waals surface area contributed by atoms with Gasteiger partial charge in [-0.3, -0.25) is 0 Å². The first kappa shape index (κ1) is 10.4. The van der Waals surface area contributed by atoms with E-state index in [0.29, 0.717) is 0 Å². The molecule has 0 saturated heterocycles. The lowest BCUT2D eigenvalue weighted by molar-refractivity contribution is 0.336. The quantitative estimate of drug-likeness (QED) is 0.455. The minimum Gasteiger partial charge on any atom is -0.211 e. The van der Waals surface area contributed by atoms with E-state index in [1.54, 1.807) is 6.08 Å². The van der Waals surface area contributed by atoms with Crippen molar-refractivity contribution in [2.75, 3.05) is 0 Å². The Kier molecular flexibility index (Phi) is 4.06. The molecule has 0 saturated carbocycles. The van der Waals surface area contributed by atoms with Crippen LogP contribution in [0.4, 0.5) is 0 Å². The Morgan fingerprint density at radius 1 is 1.45 bits per heavy atom. The van der Waals surface area contributed by atoms with Gasteiger partial charge in [-0.1, -0.05) is 27.7 Å². The topological polar surface area (TPSA) is 29.4 Å². The van der Waals surface area contributed by atoms with E-state index < -0.39 is 0 Å². The van der Waals surface area contributed by atoms with E-state index in [2.05, 4.69) is 25.8 Å². The van der Waals surface area contributed by atoms with E-state index in [0.717, 1.165) is 12.8 Å². The maximum atomic E-state index is 9.97. The van der Waals surface area contributed by atoms with Gasteiger partial charge in [-0.15, -0.1) is 0 Å². The van der Waals surface area contributed by atoms with Gasteiger partial charge in [-0.2, -0.15) is 0 Å². The van der Waals surface area contributed by atoms with Gasteiger partial charge in [-0.05, 0) is 18.3 Å². The van der Waals surface area contributed by atoms with Gasteiger partial charge >= 0.3 is 0 Å². The third-order valence-electron chi connectivity index (χ3n) is 1.55. The summed E-state index contributed by atoms with van der Waals surface area (Å²) in [4.78, 5) is 13.7. The first-order valence-electron chi connectivity index (χ1n) is 4.06. The van der Waals surface area contributed by atoms with E-state index in [4.69, 9.17) is 0 Å². The first-order valence-corrected chi connectivity index (χ1v) is 4.06. The van der Waals surface area contributed by atoms with Gasteiger partial charge in [0, 0.05) is 0 Å². The van der Waals surface area contributed by atoms with Crippen LogP contribution >= 0.6 is 0 Å². The highest BCUT2D eigenvalue weighted by atomic mass is 16.1. The molecule has 0 aliphatic carbocycles. The summed E-state index contributed by atoms with van der Waals surface area (Å²) >= 11 is 0. The number of nitrogens with zero attached hydrogens (tertiary/aromatic N) is 1. The van der Waals surface area contributed by atoms with Crippen LogP contribution in [0.2, 0.25) is 0 Å². The fourth-order valence-corrected chi connectivity index (χ4v) is 1.06. The van der Waals surface area contributed by atoms with E-state index >= 15 is 0 Å². The zero-order chi connectivity index (χ0) is 8.91. The maximum absolute atomic E-state index is 9.97. The molecule has 0 radical (unpaired) electrons. The van der Waals surface area contributed by atoms with Crippen LogP contribution in [0.15, 0.2) is 4.99 Å². The van der Waals surface area contributed by atoms with Gasteiger partial charge in [-0.25, -0.2) is 9.79 Å². The average molecular weight is 155 g/mol. The summed E-state index contributed by atoms with van der Waals surface area (Å²) in [5, 5.41) is 0. The second-order valence-corrected chi connectivity index (χ2v) is 4.05. The molecule has 0 bridgehead atoms. The van der Waals surface area contributed by atoms with Crippen molar-refractivity contribution in [3.8, 4) is 0 Å². The van der Waals surface area contributed by atoms with Gasteiger partial charge in [0.05, 0.1) is 6.04 Å². The monoisotopic (exact) mass is 155 g/mol. The Morgan fingerprint density at radius 2 is 2.00 bits per heavy atom. The number of aliphatic imine (C=N–C) groups is 1. The maximum Gasteiger partial charge on any atom is 0.235 e. The first-order chi connectivity index (χ1) is 4.99. The molecule has 0 aromatic heterocycles. The SMILES string of the molecule is CCC(CC(C)(C)C)N=C=O. The fraction of sp³-hybridized carbons (Fsp3) is 0.889. The van der Waals surface area contributed by atoms with Crippen LogP contribution in [0.1, 0.15) is 40.5 Å². The highest BCUT2D eigenvalue weighted by molar-refractivity contribution is 5.33. The molecule has 0 fully saturated rings. The van der Waals surface area contributed by atoms with Gasteiger partial charge in [0.25, 0.3) is 0 Å². The fourth-order valence-electron chi connectivity index (χ4n) is 1.06. The van der Waals surface area contributed by atoms with Crippen LogP contribution in [0, 0.1) is 5.41 Å². The minimum atomic E-state index is 0.160. The molecule has 0 aliphatic rings. The van der Waals surface area contributed by atoms with Crippen molar-refractivity contribution in [1.29, 1.82) is 0 Å². The Bertz CT molecular complexity index is 151. The third-order valence-corrected chi connectivity index (χ3v) is 1.55. The summed E-state index contributed by atoms with van der Waals surface area (Å²) < 4.78 is 0. The third kappa shape index (κ3) is 5.81. The highest BCUT2D eigenvalue weighted by Gasteiger charge is 2.16. The van der Waals surface area contributed by atoms with Gasteiger partial charge in [0.1, 0.15) is 0 Å². The molecule has 2 heteroatoms. The molecule has 0 aromatic rings. The molecule has 2 nitrogen and oxygen atoms in total. The molecule has 0 spiro atoms. The smallest absolute Gasteiger partial charge is 0.211 e. The van der Waals surface area contributed by atoms with Crippen LogP contribution in [-0.4, -0.2) is 12.1 Å². The van der Waals surface area contributed by atoms with Crippen molar-refractivity contribution in [3.63, 3.8) is 0 Å². The zero-order valence-electron chi connectivity index (χ0n) is 7.85. The lowest BCUT2D eigenvalue weighted by Gasteiger charge is -2.21. The molecule has 0 aliphatic heterocycles. The van der Waals surface area contributed by atoms with Crippen LogP contribution in [-0.2, 0) is 4.79 Å². The molecule has 0 N–H and O–H groups in total. The van der Waals surface area contributed by atoms with E-state index in [-0.39, 0.29) is 11.5 Å². The summed E-state index contributed by atoms with van der Waals surface area (Å²) in [6, 6.07) is 0.160. The molecule has 64 valence electrons. The van der Waals surface area contributed by atoms with Gasteiger partial charge in [0.2, 0.25) is 6.08 Å². The molecule has 11 heavy (non-hydrogen) atoms. The van der Waals surface area contributed by atoms with E-state index in [1.165, 1.54) is 0 Å². The number of carbonyl (C=O) groups excluding carboxylic acids is 1. The van der Waals surface area contributed by atoms with E-state index in [1.807, 2.05) is 6.92 Å². The molecular formula is C9H17NO. The second kappa shape index (κ2) is 4.30. The molecule has 0 aromatic carbocycles. The summed E-state index contributed by atoms with van der Waals surface area (Å²) in [7, 11) is 0. The van der Waals surface area contributed by atoms with Crippen molar-refractivity contribution in [1.82, 2.24) is 0 Å². The summed E-state index contributed by atoms with van der Waals surface area (Å²) in [6.07, 6.45) is 3.50. The standard InChI is InChI=1S/C9H17NO/c1-5-8(10-7-11)6-9(2,3)4/h8H,5-6H2,1-4H3. The zero-order valence-corrected chi connectivity index (χ0v) is 7.85. The molecule has 1 atom stereocenters. The van der Waals surface area contributed by atoms with Crippen molar-refractivity contribution < 1.29 is 4.79 Å². The van der Waals surface area contributed by atoms with Crippen molar-refractivity contribution in [3.05, 3.63) is 0 Å². The Hall–Kier alpha value is -0.620. The Balaban J connectivity index is 3.98. The van der Waals surface area contributed by atoms with Gasteiger partial charge in [0.15, 0.2) is 0 Å². The van der Waals surface area contributed by atoms with Crippen molar-refractivity contribution >= 4 is 6.08 Å². The predicted octanol–water partition coefficient (Wildman–Crippen LogP) is 2.54. The lowest BCUT2D eigenvalue weighted by atomic mass is 9.87. The molecule has 0 rings (SSSR count). The van der Waals surface area contributed by atoms with Crippen LogP contribution in [0.5, 0.6) is 0 Å². The van der Waals surface area contributed by atoms with Crippen molar-refractivity contribution in [2.45, 2.75) is 46.6 Å². The summed E-state index contributed by atoms with van der Waals surface area (Å²) in [6.45, 7) is 8.49. The number of hydrogen-bond donors (Lipinski definition) is 0. The van der Waals surface area contributed by atoms with Gasteiger partial charge < -0.3 is 0 Å². The largest absolute Gasteiger partial charge is 0.235 e. The van der Waals surface area contributed by atoms with Crippen LogP contribution < -0.4 is 0 Å². The molecular weight excluding hydrogens is 138 g/mol. The number of hydrogen-bond acceptors (Lipinski definition) is 2. The van der Waals surface area contributed by atoms with Crippen LogP contribution in [0.25, 0.3) is 0 Å². The minimum absolute atomic E-state index is 0.160. The highest BCUT2D eigenvalue weighted by Crippen LogP contribution is 2.23. The molecule has 0 heterocycles. The lowest BCUT2D eigenvalue weighted by Crippen LogP contribution is -2.15. The Labute approximate surface area is 68.7 Å². The van der Waals surface area contributed by atoms with Crippen molar-refractivity contribution in [2.24, 2.45) is 10.4 Å². The average Bonchev–Trinajstić information content (AvgIpc) is 1.84.